The standard InChI is InChI=1S/C13H13NO5S2/c1-8-6-11(20-12(8)13(16)17)21(18,19)14-7-9-4-2-3-5-10(9)15/h2-6,14-15H,7H2,1H3,(H,16,17). The van der Waals surface area contributed by atoms with Gasteiger partial charge in [0.2, 0.25) is 10.0 Å². The molecule has 0 aliphatic heterocycles. The SMILES string of the molecule is Cc1cc(S(=O)(=O)NCc2ccccc2O)sc1C(=O)O. The fourth-order valence-corrected chi connectivity index (χ4v) is 4.13. The van der Waals surface area contributed by atoms with Crippen LogP contribution in [0.25, 0.3) is 0 Å². The summed E-state index contributed by atoms with van der Waals surface area (Å²) < 4.78 is 26.5. The van der Waals surface area contributed by atoms with Crippen LogP contribution in [0.3, 0.4) is 0 Å². The van der Waals surface area contributed by atoms with Crippen LogP contribution >= 0.6 is 11.3 Å². The third-order valence-corrected chi connectivity index (χ3v) is 5.90. The first-order valence-corrected chi connectivity index (χ1v) is 8.21. The van der Waals surface area contributed by atoms with E-state index in [0.717, 1.165) is 0 Å². The number of aromatic carboxylic acids is 1. The van der Waals surface area contributed by atoms with E-state index in [1.807, 2.05) is 0 Å². The minimum atomic E-state index is -3.82. The number of rotatable bonds is 5. The number of hydrogen-bond acceptors (Lipinski definition) is 5. The highest BCUT2D eigenvalue weighted by Gasteiger charge is 2.21. The molecule has 0 spiro atoms. The number of nitrogens with one attached hydrogen (secondary N) is 1. The predicted octanol–water partition coefficient (Wildman–Crippen LogP) is 1.94. The van der Waals surface area contributed by atoms with Crippen LogP contribution in [-0.4, -0.2) is 24.6 Å². The monoisotopic (exact) mass is 327 g/mol. The van der Waals surface area contributed by atoms with E-state index in [-0.39, 0.29) is 21.4 Å². The molecule has 0 aliphatic carbocycles. The molecule has 8 heteroatoms. The molecular formula is C13H13NO5S2. The molecule has 1 heterocycles. The summed E-state index contributed by atoms with van der Waals surface area (Å²) in [5.74, 6) is -1.16. The molecule has 0 aliphatic rings. The summed E-state index contributed by atoms with van der Waals surface area (Å²) in [6, 6.07) is 7.69. The highest BCUT2D eigenvalue weighted by Crippen LogP contribution is 2.26. The van der Waals surface area contributed by atoms with Crippen molar-refractivity contribution in [3.8, 4) is 5.75 Å². The summed E-state index contributed by atoms with van der Waals surface area (Å²) in [6.07, 6.45) is 0. The van der Waals surface area contributed by atoms with Crippen LogP contribution in [0.4, 0.5) is 0 Å². The maximum atomic E-state index is 12.1. The maximum Gasteiger partial charge on any atom is 0.346 e. The highest BCUT2D eigenvalue weighted by molar-refractivity contribution is 7.91. The molecule has 2 aromatic rings. The number of sulfonamides is 1. The molecule has 112 valence electrons. The summed E-state index contributed by atoms with van der Waals surface area (Å²) in [5.41, 5.74) is 0.836. The summed E-state index contributed by atoms with van der Waals surface area (Å²) in [7, 11) is -3.82. The van der Waals surface area contributed by atoms with E-state index >= 15 is 0 Å². The summed E-state index contributed by atoms with van der Waals surface area (Å²) in [5, 5.41) is 18.5. The number of carboxylic acids is 1. The Bertz CT molecular complexity index is 780. The Morgan fingerprint density at radius 1 is 1.33 bits per heavy atom. The van der Waals surface area contributed by atoms with E-state index in [4.69, 9.17) is 5.11 Å². The Morgan fingerprint density at radius 2 is 2.00 bits per heavy atom. The van der Waals surface area contributed by atoms with Gasteiger partial charge in [0.15, 0.2) is 0 Å². The molecule has 0 atom stereocenters. The lowest BCUT2D eigenvalue weighted by molar-refractivity contribution is 0.0701. The molecule has 6 nitrogen and oxygen atoms in total. The Labute approximate surface area is 125 Å². The second-order valence-electron chi connectivity index (χ2n) is 4.34. The van der Waals surface area contributed by atoms with Gasteiger partial charge in [-0.05, 0) is 24.6 Å². The number of phenolic OH excluding ortho intramolecular Hbond substituents is 1. The van der Waals surface area contributed by atoms with Gasteiger partial charge in [-0.15, -0.1) is 11.3 Å². The zero-order valence-corrected chi connectivity index (χ0v) is 12.7. The van der Waals surface area contributed by atoms with Crippen LogP contribution in [-0.2, 0) is 16.6 Å². The molecule has 0 bridgehead atoms. The molecule has 2 rings (SSSR count). The lowest BCUT2D eigenvalue weighted by atomic mass is 10.2. The zero-order valence-electron chi connectivity index (χ0n) is 11.0. The molecule has 0 radical (unpaired) electrons. The average Bonchev–Trinajstić information content (AvgIpc) is 2.81. The van der Waals surface area contributed by atoms with Gasteiger partial charge >= 0.3 is 5.97 Å². The quantitative estimate of drug-likeness (QED) is 0.778. The molecule has 0 amide bonds. The largest absolute Gasteiger partial charge is 0.508 e. The van der Waals surface area contributed by atoms with E-state index < -0.39 is 16.0 Å². The van der Waals surface area contributed by atoms with Gasteiger partial charge in [-0.1, -0.05) is 18.2 Å². The van der Waals surface area contributed by atoms with Gasteiger partial charge in [0, 0.05) is 12.1 Å². The fourth-order valence-electron chi connectivity index (χ4n) is 1.70. The van der Waals surface area contributed by atoms with Crippen molar-refractivity contribution in [2.24, 2.45) is 0 Å². The first-order chi connectivity index (χ1) is 9.81. The molecule has 21 heavy (non-hydrogen) atoms. The summed E-state index contributed by atoms with van der Waals surface area (Å²) in [6.45, 7) is 1.47. The van der Waals surface area contributed by atoms with Gasteiger partial charge in [-0.3, -0.25) is 0 Å². The average molecular weight is 327 g/mol. The van der Waals surface area contributed by atoms with Crippen molar-refractivity contribution in [2.75, 3.05) is 0 Å². The fraction of sp³-hybridized carbons (Fsp3) is 0.154. The maximum absolute atomic E-state index is 12.1. The number of hydrogen-bond donors (Lipinski definition) is 3. The Kier molecular flexibility index (Phi) is 4.31. The second-order valence-corrected chi connectivity index (χ2v) is 7.38. The molecular weight excluding hydrogens is 314 g/mol. The summed E-state index contributed by atoms with van der Waals surface area (Å²) in [4.78, 5) is 10.9. The zero-order chi connectivity index (χ0) is 15.6. The number of aryl methyl sites for hydroxylation is 1. The van der Waals surface area contributed by atoms with Crippen molar-refractivity contribution in [1.82, 2.24) is 4.72 Å². The molecule has 1 aromatic heterocycles. The van der Waals surface area contributed by atoms with Crippen molar-refractivity contribution >= 4 is 27.3 Å². The Balaban J connectivity index is 2.21. The van der Waals surface area contributed by atoms with Crippen molar-refractivity contribution in [2.45, 2.75) is 17.7 Å². The van der Waals surface area contributed by atoms with E-state index in [1.165, 1.54) is 12.1 Å². The van der Waals surface area contributed by atoms with Gasteiger partial charge in [0.1, 0.15) is 14.8 Å². The second kappa shape index (κ2) is 5.84. The van der Waals surface area contributed by atoms with E-state index in [1.54, 1.807) is 25.1 Å². The molecule has 1 aromatic carbocycles. The Morgan fingerprint density at radius 3 is 2.57 bits per heavy atom. The van der Waals surface area contributed by atoms with Crippen molar-refractivity contribution < 1.29 is 23.4 Å². The van der Waals surface area contributed by atoms with Gasteiger partial charge in [0.05, 0.1) is 0 Å². The first-order valence-electron chi connectivity index (χ1n) is 5.91. The van der Waals surface area contributed by atoms with Crippen LogP contribution in [0, 0.1) is 6.92 Å². The van der Waals surface area contributed by atoms with Crippen LogP contribution in [0.1, 0.15) is 20.8 Å². The number of para-hydroxylation sites is 1. The lowest BCUT2D eigenvalue weighted by Crippen LogP contribution is -2.22. The first kappa shape index (κ1) is 15.5. The minimum absolute atomic E-state index is 0.00191. The number of carbonyl (C=O) groups is 1. The highest BCUT2D eigenvalue weighted by atomic mass is 32.2. The molecule has 0 saturated heterocycles. The topological polar surface area (TPSA) is 104 Å². The molecule has 0 fully saturated rings. The number of aromatic hydroxyl groups is 1. The van der Waals surface area contributed by atoms with Crippen LogP contribution in [0.15, 0.2) is 34.5 Å². The molecule has 0 unspecified atom stereocenters. The third kappa shape index (κ3) is 3.41. The van der Waals surface area contributed by atoms with E-state index in [0.29, 0.717) is 22.5 Å². The number of benzene rings is 1. The minimum Gasteiger partial charge on any atom is -0.508 e. The van der Waals surface area contributed by atoms with E-state index in [2.05, 4.69) is 4.72 Å². The van der Waals surface area contributed by atoms with Crippen molar-refractivity contribution in [3.05, 3.63) is 46.3 Å². The smallest absolute Gasteiger partial charge is 0.346 e. The third-order valence-electron chi connectivity index (χ3n) is 2.80. The number of carboxylic acid groups (broad SMARTS) is 1. The normalized spacial score (nSPS) is 11.5. The van der Waals surface area contributed by atoms with Crippen LogP contribution in [0.2, 0.25) is 0 Å². The van der Waals surface area contributed by atoms with Crippen molar-refractivity contribution in [1.29, 1.82) is 0 Å². The van der Waals surface area contributed by atoms with Gasteiger partial charge in [0.25, 0.3) is 0 Å². The molecule has 3 N–H and O–H groups in total. The van der Waals surface area contributed by atoms with Crippen LogP contribution in [0.5, 0.6) is 5.75 Å². The van der Waals surface area contributed by atoms with Crippen LogP contribution < -0.4 is 4.72 Å². The Hall–Kier alpha value is -1.90. The van der Waals surface area contributed by atoms with Gasteiger partial charge in [-0.25, -0.2) is 17.9 Å². The number of thiophene rings is 1. The van der Waals surface area contributed by atoms with Gasteiger partial charge < -0.3 is 10.2 Å². The molecule has 0 saturated carbocycles. The summed E-state index contributed by atoms with van der Waals surface area (Å²) >= 11 is 0.701. The van der Waals surface area contributed by atoms with Gasteiger partial charge in [-0.2, -0.15) is 0 Å². The van der Waals surface area contributed by atoms with E-state index in [9.17, 15) is 18.3 Å². The lowest BCUT2D eigenvalue weighted by Gasteiger charge is -2.06. The number of phenols is 1. The van der Waals surface area contributed by atoms with Crippen molar-refractivity contribution in [3.63, 3.8) is 0 Å². The predicted molar refractivity (Wildman–Crippen MR) is 78.1 cm³/mol.